The van der Waals surface area contributed by atoms with Crippen LogP contribution in [0.2, 0.25) is 0 Å². The molecule has 4 atom stereocenters. The Morgan fingerprint density at radius 3 is 2.74 bits per heavy atom. The van der Waals surface area contributed by atoms with Gasteiger partial charge in [0.25, 0.3) is 0 Å². The van der Waals surface area contributed by atoms with Crippen molar-refractivity contribution in [2.24, 2.45) is 10.9 Å². The van der Waals surface area contributed by atoms with Crippen LogP contribution in [-0.2, 0) is 4.74 Å². The summed E-state index contributed by atoms with van der Waals surface area (Å²) in [4.78, 5) is 7.44. The Morgan fingerprint density at radius 1 is 1.26 bits per heavy atom. The minimum Gasteiger partial charge on any atom is -0.373 e. The Labute approximate surface area is 141 Å². The number of fused-ring (bicyclic) bond motifs is 2. The first kappa shape index (κ1) is 17.0. The number of rotatable bonds is 6. The maximum absolute atomic E-state index is 5.94. The first-order valence-corrected chi connectivity index (χ1v) is 9.67. The van der Waals surface area contributed by atoms with Crippen molar-refractivity contribution in [1.82, 2.24) is 15.5 Å². The number of hydrogen-bond acceptors (Lipinski definition) is 3. The highest BCUT2D eigenvalue weighted by Crippen LogP contribution is 2.34. The Balaban J connectivity index is 1.45. The van der Waals surface area contributed by atoms with Gasteiger partial charge in [0.05, 0.1) is 18.2 Å². The van der Waals surface area contributed by atoms with E-state index in [-0.39, 0.29) is 0 Å². The molecule has 3 aliphatic rings. The molecule has 23 heavy (non-hydrogen) atoms. The van der Waals surface area contributed by atoms with Gasteiger partial charge in [0.2, 0.25) is 0 Å². The average molecular weight is 322 g/mol. The van der Waals surface area contributed by atoms with Gasteiger partial charge in [-0.25, -0.2) is 0 Å². The molecule has 3 fully saturated rings. The fraction of sp³-hybridized carbons (Fsp3) is 0.944. The van der Waals surface area contributed by atoms with E-state index in [2.05, 4.69) is 29.4 Å². The molecule has 5 nitrogen and oxygen atoms in total. The zero-order chi connectivity index (χ0) is 16.1. The number of guanidine groups is 1. The molecule has 2 bridgehead atoms. The summed E-state index contributed by atoms with van der Waals surface area (Å²) < 4.78 is 5.94. The van der Waals surface area contributed by atoms with E-state index in [0.29, 0.717) is 24.2 Å². The molecule has 4 unspecified atom stereocenters. The number of ether oxygens (including phenoxy) is 1. The fourth-order valence-corrected chi connectivity index (χ4v) is 4.17. The first-order chi connectivity index (χ1) is 11.2. The molecular formula is C18H34N4O. The molecule has 3 rings (SSSR count). The summed E-state index contributed by atoms with van der Waals surface area (Å²) in [7, 11) is 0. The van der Waals surface area contributed by atoms with Gasteiger partial charge in [-0.1, -0.05) is 13.3 Å². The molecule has 0 amide bonds. The second kappa shape index (κ2) is 8.34. The van der Waals surface area contributed by atoms with Crippen molar-refractivity contribution in [3.8, 4) is 0 Å². The van der Waals surface area contributed by atoms with Crippen LogP contribution in [0.1, 0.15) is 52.4 Å². The van der Waals surface area contributed by atoms with E-state index < -0.39 is 0 Å². The van der Waals surface area contributed by atoms with Crippen molar-refractivity contribution in [3.05, 3.63) is 0 Å². The van der Waals surface area contributed by atoms with Crippen molar-refractivity contribution < 1.29 is 4.74 Å². The largest absolute Gasteiger partial charge is 0.373 e. The SMILES string of the molecule is CCNC(=NCC(C)CN1CCCCC1)NC1CC2CCC1O2. The van der Waals surface area contributed by atoms with Crippen LogP contribution in [0.25, 0.3) is 0 Å². The molecule has 3 aliphatic heterocycles. The average Bonchev–Trinajstić information content (AvgIpc) is 3.16. The zero-order valence-electron chi connectivity index (χ0n) is 14.9. The lowest BCUT2D eigenvalue weighted by molar-refractivity contribution is 0.0992. The van der Waals surface area contributed by atoms with Gasteiger partial charge >= 0.3 is 0 Å². The Kier molecular flexibility index (Phi) is 6.17. The van der Waals surface area contributed by atoms with Crippen molar-refractivity contribution >= 4 is 5.96 Å². The molecular weight excluding hydrogens is 288 g/mol. The maximum Gasteiger partial charge on any atom is 0.191 e. The smallest absolute Gasteiger partial charge is 0.191 e. The second-order valence-electron chi connectivity index (χ2n) is 7.55. The molecule has 0 spiro atoms. The lowest BCUT2D eigenvalue weighted by Gasteiger charge is -2.28. The molecule has 0 aromatic carbocycles. The van der Waals surface area contributed by atoms with E-state index in [0.717, 1.165) is 25.5 Å². The Hall–Kier alpha value is -0.810. The van der Waals surface area contributed by atoms with Crippen LogP contribution in [0.3, 0.4) is 0 Å². The summed E-state index contributed by atoms with van der Waals surface area (Å²) in [6.07, 6.45) is 8.60. The van der Waals surface area contributed by atoms with Crippen LogP contribution in [0, 0.1) is 5.92 Å². The summed E-state index contributed by atoms with van der Waals surface area (Å²) in [5, 5.41) is 7.01. The van der Waals surface area contributed by atoms with Gasteiger partial charge in [-0.2, -0.15) is 0 Å². The number of aliphatic imine (C=N–C) groups is 1. The lowest BCUT2D eigenvalue weighted by atomic mass is 9.96. The minimum atomic E-state index is 0.398. The number of nitrogens with zero attached hydrogens (tertiary/aromatic N) is 2. The molecule has 2 N–H and O–H groups in total. The number of piperidine rings is 1. The van der Waals surface area contributed by atoms with Crippen molar-refractivity contribution in [1.29, 1.82) is 0 Å². The molecule has 0 aromatic heterocycles. The molecule has 0 aliphatic carbocycles. The van der Waals surface area contributed by atoms with Gasteiger partial charge in [-0.3, -0.25) is 4.99 Å². The van der Waals surface area contributed by atoms with E-state index >= 15 is 0 Å². The summed E-state index contributed by atoms with van der Waals surface area (Å²) >= 11 is 0. The van der Waals surface area contributed by atoms with E-state index in [1.54, 1.807) is 0 Å². The number of likely N-dealkylation sites (tertiary alicyclic amines) is 1. The monoisotopic (exact) mass is 322 g/mol. The van der Waals surface area contributed by atoms with Crippen molar-refractivity contribution in [3.63, 3.8) is 0 Å². The normalized spacial score (nSPS) is 33.0. The van der Waals surface area contributed by atoms with Crippen molar-refractivity contribution in [2.45, 2.75) is 70.6 Å². The summed E-state index contributed by atoms with van der Waals surface area (Å²) in [5.41, 5.74) is 0. The van der Waals surface area contributed by atoms with E-state index in [1.807, 2.05) is 0 Å². The zero-order valence-corrected chi connectivity index (χ0v) is 14.9. The van der Waals surface area contributed by atoms with Crippen LogP contribution >= 0.6 is 0 Å². The van der Waals surface area contributed by atoms with Gasteiger partial charge in [-0.05, 0) is 58.0 Å². The van der Waals surface area contributed by atoms with Gasteiger partial charge < -0.3 is 20.3 Å². The molecule has 0 radical (unpaired) electrons. The second-order valence-corrected chi connectivity index (χ2v) is 7.55. The number of hydrogen-bond donors (Lipinski definition) is 2. The molecule has 5 heteroatoms. The quantitative estimate of drug-likeness (QED) is 0.580. The third-order valence-electron chi connectivity index (χ3n) is 5.35. The molecule has 0 aromatic rings. The minimum absolute atomic E-state index is 0.398. The molecule has 132 valence electrons. The van der Waals surface area contributed by atoms with E-state index in [1.165, 1.54) is 51.7 Å². The first-order valence-electron chi connectivity index (χ1n) is 9.67. The summed E-state index contributed by atoms with van der Waals surface area (Å²) in [6.45, 7) is 9.99. The Morgan fingerprint density at radius 2 is 2.09 bits per heavy atom. The number of nitrogens with one attached hydrogen (secondary N) is 2. The molecule has 3 heterocycles. The molecule has 0 saturated carbocycles. The summed E-state index contributed by atoms with van der Waals surface area (Å²) in [6, 6.07) is 0.448. The summed E-state index contributed by atoms with van der Waals surface area (Å²) in [5.74, 6) is 1.58. The molecule has 3 saturated heterocycles. The van der Waals surface area contributed by atoms with Crippen LogP contribution < -0.4 is 10.6 Å². The van der Waals surface area contributed by atoms with Gasteiger partial charge in [0, 0.05) is 19.6 Å². The predicted molar refractivity (Wildman–Crippen MR) is 94.9 cm³/mol. The van der Waals surface area contributed by atoms with Gasteiger partial charge in [-0.15, -0.1) is 0 Å². The Bertz CT molecular complexity index is 394. The van der Waals surface area contributed by atoms with Crippen LogP contribution in [0.15, 0.2) is 4.99 Å². The van der Waals surface area contributed by atoms with Gasteiger partial charge in [0.15, 0.2) is 5.96 Å². The van der Waals surface area contributed by atoms with E-state index in [4.69, 9.17) is 9.73 Å². The highest BCUT2D eigenvalue weighted by molar-refractivity contribution is 5.80. The highest BCUT2D eigenvalue weighted by atomic mass is 16.5. The third kappa shape index (κ3) is 4.83. The predicted octanol–water partition coefficient (Wildman–Crippen LogP) is 1.98. The van der Waals surface area contributed by atoms with Crippen LogP contribution in [-0.4, -0.2) is 61.8 Å². The van der Waals surface area contributed by atoms with Crippen LogP contribution in [0.4, 0.5) is 0 Å². The third-order valence-corrected chi connectivity index (χ3v) is 5.35. The van der Waals surface area contributed by atoms with Gasteiger partial charge in [0.1, 0.15) is 0 Å². The fourth-order valence-electron chi connectivity index (χ4n) is 4.17. The van der Waals surface area contributed by atoms with Crippen molar-refractivity contribution in [2.75, 3.05) is 32.7 Å². The topological polar surface area (TPSA) is 48.9 Å². The van der Waals surface area contributed by atoms with Crippen LogP contribution in [0.5, 0.6) is 0 Å². The lowest BCUT2D eigenvalue weighted by Crippen LogP contribution is -2.47. The van der Waals surface area contributed by atoms with E-state index in [9.17, 15) is 0 Å². The maximum atomic E-state index is 5.94. The highest BCUT2D eigenvalue weighted by Gasteiger charge is 2.41. The standard InChI is InChI=1S/C18H34N4O/c1-3-19-18(21-16-11-15-7-8-17(16)23-15)20-12-14(2)13-22-9-5-4-6-10-22/h14-17H,3-13H2,1-2H3,(H2,19,20,21).